The molecule has 0 aromatic carbocycles. The molecule has 0 spiro atoms. The van der Waals surface area contributed by atoms with Crippen LogP contribution in [0.3, 0.4) is 0 Å². The van der Waals surface area contributed by atoms with Gasteiger partial charge in [0, 0.05) is 25.7 Å². The Kier molecular flexibility index (Phi) is 69.3. The Bertz CT molecular complexity index is 1890. The SMILES string of the molecule is CCCCCCCCCCCCCCCCCCCCCCCC(=O)O[C@H](COC(=O)CCCCCCCCCCCCCCCCCCCC)COP(=O)(O)OC[C@@H](O)COP(=O)(O)OC[C@@H](COC(=O)CCCCCCCCC(C)C)OC(=O)CCCCCCCCCC(C)C. The molecule has 0 aliphatic heterocycles. The zero-order valence-electron chi connectivity index (χ0n) is 64.1. The Labute approximate surface area is 600 Å². The summed E-state index contributed by atoms with van der Waals surface area (Å²) in [5, 5.41) is 10.6. The summed E-state index contributed by atoms with van der Waals surface area (Å²) in [5.41, 5.74) is 0. The second kappa shape index (κ2) is 70.7. The molecule has 19 heteroatoms. The fourth-order valence-electron chi connectivity index (χ4n) is 12.2. The van der Waals surface area contributed by atoms with Gasteiger partial charge in [0.1, 0.15) is 19.3 Å². The van der Waals surface area contributed by atoms with E-state index in [0.717, 1.165) is 96.3 Å². The monoisotopic (exact) mass is 1440 g/mol. The first-order valence-corrected chi connectivity index (χ1v) is 44.0. The van der Waals surface area contributed by atoms with E-state index >= 15 is 0 Å². The predicted molar refractivity (Wildman–Crippen MR) is 400 cm³/mol. The summed E-state index contributed by atoms with van der Waals surface area (Å²) in [4.78, 5) is 72.8. The molecule has 0 rings (SSSR count). The van der Waals surface area contributed by atoms with Crippen molar-refractivity contribution in [2.75, 3.05) is 39.6 Å². The molecule has 0 aliphatic carbocycles. The second-order valence-electron chi connectivity index (χ2n) is 29.4. The summed E-state index contributed by atoms with van der Waals surface area (Å²) in [7, 11) is -9.91. The van der Waals surface area contributed by atoms with Gasteiger partial charge in [-0.3, -0.25) is 37.3 Å². The molecule has 5 atom stereocenters. The number of carbonyl (C=O) groups is 4. The molecular formula is C79H154O17P2. The maximum Gasteiger partial charge on any atom is 0.472 e. The van der Waals surface area contributed by atoms with E-state index in [1.807, 2.05) is 0 Å². The normalized spacial score (nSPS) is 13.9. The molecule has 0 heterocycles. The molecule has 0 aromatic heterocycles. The van der Waals surface area contributed by atoms with Gasteiger partial charge in [0.15, 0.2) is 12.2 Å². The molecule has 3 N–H and O–H groups in total. The number of hydrogen-bond donors (Lipinski definition) is 3. The van der Waals surface area contributed by atoms with Gasteiger partial charge in [0.05, 0.1) is 26.4 Å². The highest BCUT2D eigenvalue weighted by Gasteiger charge is 2.30. The Morgan fingerprint density at radius 2 is 0.469 bits per heavy atom. The summed E-state index contributed by atoms with van der Waals surface area (Å²) < 4.78 is 68.5. The van der Waals surface area contributed by atoms with Crippen LogP contribution in [0.1, 0.15) is 414 Å². The molecule has 0 bridgehead atoms. The highest BCUT2D eigenvalue weighted by molar-refractivity contribution is 7.47. The fourth-order valence-corrected chi connectivity index (χ4v) is 13.8. The summed E-state index contributed by atoms with van der Waals surface area (Å²) in [6, 6.07) is 0. The van der Waals surface area contributed by atoms with E-state index < -0.39 is 97.5 Å². The molecule has 0 fully saturated rings. The van der Waals surface area contributed by atoms with E-state index in [1.165, 1.54) is 225 Å². The zero-order chi connectivity index (χ0) is 72.1. The van der Waals surface area contributed by atoms with Gasteiger partial charge in [0.25, 0.3) is 0 Å². The van der Waals surface area contributed by atoms with Crippen LogP contribution in [0.25, 0.3) is 0 Å². The Morgan fingerprint density at radius 3 is 0.694 bits per heavy atom. The molecule has 2 unspecified atom stereocenters. The lowest BCUT2D eigenvalue weighted by Crippen LogP contribution is -2.30. The Hall–Kier alpha value is -1.94. The molecule has 0 saturated carbocycles. The number of phosphoric ester groups is 2. The van der Waals surface area contributed by atoms with Crippen LogP contribution in [0, 0.1) is 11.8 Å². The topological polar surface area (TPSA) is 237 Å². The molecule has 0 aromatic rings. The molecule has 17 nitrogen and oxygen atoms in total. The Morgan fingerprint density at radius 1 is 0.276 bits per heavy atom. The van der Waals surface area contributed by atoms with Crippen LogP contribution in [0.4, 0.5) is 0 Å². The minimum Gasteiger partial charge on any atom is -0.462 e. The molecule has 0 amide bonds. The smallest absolute Gasteiger partial charge is 0.462 e. The van der Waals surface area contributed by atoms with Crippen molar-refractivity contribution in [1.29, 1.82) is 0 Å². The third-order valence-corrected chi connectivity index (χ3v) is 20.4. The summed E-state index contributed by atoms with van der Waals surface area (Å²) in [6.07, 6.45) is 60.2. The van der Waals surface area contributed by atoms with E-state index in [4.69, 9.17) is 37.0 Å². The number of carbonyl (C=O) groups excluding carboxylic acids is 4. The van der Waals surface area contributed by atoms with Crippen molar-refractivity contribution < 1.29 is 80.2 Å². The lowest BCUT2D eigenvalue weighted by molar-refractivity contribution is -0.161. The maximum absolute atomic E-state index is 13.1. The van der Waals surface area contributed by atoms with E-state index in [2.05, 4.69) is 41.5 Å². The van der Waals surface area contributed by atoms with Gasteiger partial charge < -0.3 is 33.8 Å². The van der Waals surface area contributed by atoms with Crippen LogP contribution in [0.2, 0.25) is 0 Å². The number of rotatable bonds is 78. The van der Waals surface area contributed by atoms with Crippen molar-refractivity contribution in [1.82, 2.24) is 0 Å². The molecule has 0 saturated heterocycles. The first-order chi connectivity index (χ1) is 47.4. The lowest BCUT2D eigenvalue weighted by atomic mass is 10.0. The molecule has 0 aliphatic rings. The lowest BCUT2D eigenvalue weighted by Gasteiger charge is -2.21. The van der Waals surface area contributed by atoms with Gasteiger partial charge in [-0.15, -0.1) is 0 Å². The Balaban J connectivity index is 5.18. The van der Waals surface area contributed by atoms with Gasteiger partial charge >= 0.3 is 39.5 Å². The second-order valence-corrected chi connectivity index (χ2v) is 32.3. The van der Waals surface area contributed by atoms with Crippen molar-refractivity contribution in [3.63, 3.8) is 0 Å². The average Bonchev–Trinajstić information content (AvgIpc) is 1.27. The van der Waals surface area contributed by atoms with Gasteiger partial charge in [-0.25, -0.2) is 9.13 Å². The van der Waals surface area contributed by atoms with Crippen LogP contribution in [-0.4, -0.2) is 96.7 Å². The van der Waals surface area contributed by atoms with Crippen LogP contribution in [0.15, 0.2) is 0 Å². The van der Waals surface area contributed by atoms with Crippen molar-refractivity contribution in [2.45, 2.75) is 432 Å². The molecule has 582 valence electrons. The highest BCUT2D eigenvalue weighted by Crippen LogP contribution is 2.45. The number of hydrogen-bond acceptors (Lipinski definition) is 15. The molecule has 98 heavy (non-hydrogen) atoms. The number of unbranched alkanes of at least 4 members (excludes halogenated alkanes) is 48. The number of aliphatic hydroxyl groups is 1. The van der Waals surface area contributed by atoms with Gasteiger partial charge in [-0.2, -0.15) is 0 Å². The number of esters is 4. The van der Waals surface area contributed by atoms with Gasteiger partial charge in [0.2, 0.25) is 0 Å². The average molecular weight is 1440 g/mol. The molecule has 0 radical (unpaired) electrons. The van der Waals surface area contributed by atoms with E-state index in [9.17, 15) is 43.2 Å². The van der Waals surface area contributed by atoms with Crippen LogP contribution < -0.4 is 0 Å². The minimum atomic E-state index is -4.96. The van der Waals surface area contributed by atoms with E-state index in [1.54, 1.807) is 0 Å². The molecular weight excluding hydrogens is 1280 g/mol. The van der Waals surface area contributed by atoms with Gasteiger partial charge in [-0.05, 0) is 37.5 Å². The van der Waals surface area contributed by atoms with Gasteiger partial charge in [-0.1, -0.05) is 363 Å². The first kappa shape index (κ1) is 96.1. The van der Waals surface area contributed by atoms with Crippen LogP contribution >= 0.6 is 15.6 Å². The van der Waals surface area contributed by atoms with Crippen molar-refractivity contribution >= 4 is 39.5 Å². The van der Waals surface area contributed by atoms with Crippen LogP contribution in [0.5, 0.6) is 0 Å². The summed E-state index contributed by atoms with van der Waals surface area (Å²) in [5.74, 6) is -0.743. The number of aliphatic hydroxyl groups excluding tert-OH is 1. The largest absolute Gasteiger partial charge is 0.472 e. The first-order valence-electron chi connectivity index (χ1n) is 41.0. The number of ether oxygens (including phenoxy) is 4. The third-order valence-electron chi connectivity index (χ3n) is 18.5. The quantitative estimate of drug-likeness (QED) is 0.0222. The summed E-state index contributed by atoms with van der Waals surface area (Å²) >= 11 is 0. The highest BCUT2D eigenvalue weighted by atomic mass is 31.2. The van der Waals surface area contributed by atoms with E-state index in [0.29, 0.717) is 37.5 Å². The maximum atomic E-state index is 13.1. The minimum absolute atomic E-state index is 0.103. The van der Waals surface area contributed by atoms with Crippen molar-refractivity contribution in [3.8, 4) is 0 Å². The predicted octanol–water partition coefficient (Wildman–Crippen LogP) is 23.5. The third kappa shape index (κ3) is 72.4. The fraction of sp³-hybridized carbons (Fsp3) is 0.949. The summed E-state index contributed by atoms with van der Waals surface area (Å²) in [6.45, 7) is 9.46. The standard InChI is InChI=1S/C79H154O17P2/c1-7-9-11-13-15-17-19-21-23-25-27-28-29-31-33-35-37-39-43-51-57-63-78(83)95-74(67-89-76(81)61-55-49-42-38-36-34-32-30-26-24-22-20-18-16-14-12-10-8-2)69-93-97(85,86)91-65-73(80)66-92-98(87,88)94-70-75(68-90-77(82)62-56-50-46-45-48-54-60-72(5)6)96-79(84)64-58-52-44-40-41-47-53-59-71(3)4/h71-75,80H,7-70H2,1-6H3,(H,85,86)(H,87,88)/t73-,74-,75-/m1/s1. The van der Waals surface area contributed by atoms with E-state index in [-0.39, 0.29) is 25.7 Å². The number of phosphoric acid groups is 2. The van der Waals surface area contributed by atoms with Crippen LogP contribution in [-0.2, 0) is 65.4 Å². The van der Waals surface area contributed by atoms with Crippen molar-refractivity contribution in [3.05, 3.63) is 0 Å². The zero-order valence-corrected chi connectivity index (χ0v) is 65.9. The van der Waals surface area contributed by atoms with Crippen molar-refractivity contribution in [2.24, 2.45) is 11.8 Å².